The van der Waals surface area contributed by atoms with E-state index in [0.717, 1.165) is 25.7 Å². The van der Waals surface area contributed by atoms with Crippen LogP contribution in [0.15, 0.2) is 4.99 Å². The van der Waals surface area contributed by atoms with Gasteiger partial charge < -0.3 is 29.9 Å². The molecule has 0 bridgehead atoms. The molecule has 4 unspecified atom stereocenters. The van der Waals surface area contributed by atoms with E-state index in [0.29, 0.717) is 12.3 Å². The molecule has 3 aliphatic rings. The van der Waals surface area contributed by atoms with Crippen LogP contribution in [-0.4, -0.2) is 82.9 Å². The van der Waals surface area contributed by atoms with Crippen LogP contribution in [0.25, 0.3) is 0 Å². The summed E-state index contributed by atoms with van der Waals surface area (Å²) in [6.45, 7) is 7.72. The van der Waals surface area contributed by atoms with Crippen LogP contribution < -0.4 is 10.8 Å². The Hall–Kier alpha value is -1.11. The van der Waals surface area contributed by atoms with Crippen LogP contribution in [0, 0.1) is 5.92 Å². The van der Waals surface area contributed by atoms with Gasteiger partial charge in [0.1, 0.15) is 17.5 Å². The maximum atomic E-state index is 12.4. The van der Waals surface area contributed by atoms with E-state index in [2.05, 4.69) is 23.9 Å². The largest absolute Gasteiger partial charge is 0.403 e. The molecule has 0 spiro atoms. The van der Waals surface area contributed by atoms with Gasteiger partial charge in [-0.3, -0.25) is 9.42 Å². The smallest absolute Gasteiger partial charge is 0.387 e. The van der Waals surface area contributed by atoms with Gasteiger partial charge in [0.2, 0.25) is 0 Å². The number of aliphatic imine (C=N–C) groups is 1. The lowest BCUT2D eigenvalue weighted by Gasteiger charge is -2.39. The van der Waals surface area contributed by atoms with Crippen LogP contribution in [0.2, 0.25) is 0 Å². The van der Waals surface area contributed by atoms with Crippen molar-refractivity contribution >= 4 is 19.6 Å². The zero-order valence-corrected chi connectivity index (χ0v) is 22.0. The van der Waals surface area contributed by atoms with Crippen LogP contribution in [0.1, 0.15) is 66.2 Å². The van der Waals surface area contributed by atoms with E-state index in [1.807, 2.05) is 0 Å². The predicted octanol–water partition coefficient (Wildman–Crippen LogP) is 2.09. The molecular formula is C22H41N4O8P. The van der Waals surface area contributed by atoms with Crippen LogP contribution in [0.5, 0.6) is 0 Å². The van der Waals surface area contributed by atoms with Crippen molar-refractivity contribution < 1.29 is 38.1 Å². The molecule has 0 radical (unpaired) electrons. The molecular weight excluding hydrogens is 479 g/mol. The van der Waals surface area contributed by atoms with E-state index < -0.39 is 31.7 Å². The van der Waals surface area contributed by atoms with Crippen molar-refractivity contribution in [3.63, 3.8) is 0 Å². The van der Waals surface area contributed by atoms with Gasteiger partial charge in [-0.2, -0.15) is 4.99 Å². The van der Waals surface area contributed by atoms with E-state index in [9.17, 15) is 19.4 Å². The Morgan fingerprint density at radius 3 is 2.66 bits per heavy atom. The molecule has 0 aromatic heterocycles. The van der Waals surface area contributed by atoms with Crippen LogP contribution in [0.4, 0.5) is 4.79 Å². The number of nitrogens with zero attached hydrogens (tertiary/aromatic N) is 2. The molecule has 0 saturated carbocycles. The molecule has 0 aromatic rings. The highest BCUT2D eigenvalue weighted by molar-refractivity contribution is 7.50. The molecule has 12 nitrogen and oxygen atoms in total. The Bertz CT molecular complexity index is 806. The minimum Gasteiger partial charge on any atom is -0.387 e. The summed E-state index contributed by atoms with van der Waals surface area (Å²) < 4.78 is 34.7. The Kier molecular flexibility index (Phi) is 9.72. The fourth-order valence-corrected chi connectivity index (χ4v) is 5.77. The average molecular weight is 521 g/mol. The van der Waals surface area contributed by atoms with Gasteiger partial charge in [-0.1, -0.05) is 26.7 Å². The summed E-state index contributed by atoms with van der Waals surface area (Å²) in [5.74, 6) is 0.716. The Morgan fingerprint density at radius 1 is 1.34 bits per heavy atom. The van der Waals surface area contributed by atoms with Gasteiger partial charge in [0.05, 0.1) is 19.3 Å². The van der Waals surface area contributed by atoms with E-state index in [1.54, 1.807) is 13.8 Å². The maximum absolute atomic E-state index is 12.4. The summed E-state index contributed by atoms with van der Waals surface area (Å²) in [6.07, 6.45) is 3.06. The topological polar surface area (TPSA) is 168 Å². The Labute approximate surface area is 207 Å². The molecule has 2 amide bonds. The van der Waals surface area contributed by atoms with Crippen LogP contribution in [0.3, 0.4) is 0 Å². The Morgan fingerprint density at radius 2 is 2.03 bits per heavy atom. The zero-order chi connectivity index (χ0) is 25.8. The van der Waals surface area contributed by atoms with E-state index in [1.165, 1.54) is 4.90 Å². The first kappa shape index (κ1) is 28.5. The number of carbonyl (C=O) groups is 1. The number of hydrogen-bond acceptors (Lipinski definition) is 8. The lowest BCUT2D eigenvalue weighted by molar-refractivity contribution is -0.120. The minimum atomic E-state index is -4.12. The number of ether oxygens (including phenoxy) is 3. The number of hydrogen-bond donors (Lipinski definition) is 4. The number of carbonyl (C=O) groups excluding carboxylic acids is 1. The highest BCUT2D eigenvalue weighted by Crippen LogP contribution is 2.41. The number of nitrogens with one attached hydrogen (secondary N) is 1. The summed E-state index contributed by atoms with van der Waals surface area (Å²) >= 11 is 0. The second kappa shape index (κ2) is 12.0. The standard InChI is InChI=1S/C22H41N4O8P/c1-5-7-15(8-6-2)18-19(34-18)31-10-9-24-35(29,30)32-13-16-12-22(4,28)20(33-16)26-14(3)11-17(23)25-21(26)27/h14-16,18-20,28H,5-13H2,1-4H3,(H2,23,25,27)(H2,24,29,30)/t14?,16-,18?,19?,20+,22+/m0/s1. The number of aliphatic hydroxyl groups is 1. The van der Waals surface area contributed by atoms with Crippen molar-refractivity contribution in [1.82, 2.24) is 9.99 Å². The van der Waals surface area contributed by atoms with Gasteiger partial charge in [-0.05, 0) is 32.6 Å². The van der Waals surface area contributed by atoms with Crippen LogP contribution >= 0.6 is 7.75 Å². The third-order valence-corrected chi connectivity index (χ3v) is 7.71. The summed E-state index contributed by atoms with van der Waals surface area (Å²) in [7, 11) is -4.12. The first-order chi connectivity index (χ1) is 16.5. The van der Waals surface area contributed by atoms with Gasteiger partial charge >= 0.3 is 13.8 Å². The zero-order valence-electron chi connectivity index (χ0n) is 21.1. The summed E-state index contributed by atoms with van der Waals surface area (Å²) in [6, 6.07) is -0.892. The molecule has 0 aliphatic carbocycles. The normalized spacial score (nSPS) is 34.8. The molecule has 3 aliphatic heterocycles. The third-order valence-electron chi connectivity index (χ3n) is 6.58. The molecule has 5 N–H and O–H groups in total. The molecule has 13 heteroatoms. The monoisotopic (exact) mass is 520 g/mol. The van der Waals surface area contributed by atoms with Crippen molar-refractivity contribution in [2.75, 3.05) is 19.8 Å². The molecule has 2 saturated heterocycles. The van der Waals surface area contributed by atoms with Crippen molar-refractivity contribution in [3.8, 4) is 0 Å². The molecule has 202 valence electrons. The molecule has 3 heterocycles. The average Bonchev–Trinajstić information content (AvgIpc) is 3.46. The molecule has 35 heavy (non-hydrogen) atoms. The first-order valence-electron chi connectivity index (χ1n) is 12.5. The number of urea groups is 1. The maximum Gasteiger partial charge on any atom is 0.403 e. The van der Waals surface area contributed by atoms with Crippen molar-refractivity contribution in [2.24, 2.45) is 16.6 Å². The van der Waals surface area contributed by atoms with E-state index >= 15 is 0 Å². The van der Waals surface area contributed by atoms with E-state index in [-0.39, 0.29) is 50.5 Å². The fraction of sp³-hybridized carbons (Fsp3) is 0.909. The second-order valence-corrected chi connectivity index (χ2v) is 11.5. The molecule has 7 atom stereocenters. The van der Waals surface area contributed by atoms with Crippen molar-refractivity contribution in [1.29, 1.82) is 0 Å². The number of nitrogens with two attached hydrogens (primary N) is 1. The second-order valence-electron chi connectivity index (χ2n) is 9.92. The van der Waals surface area contributed by atoms with Gasteiger partial charge in [-0.25, -0.2) is 14.4 Å². The first-order valence-corrected chi connectivity index (χ1v) is 14.1. The SMILES string of the molecule is CCCC(CCC)C1OC1OCCNP(=O)(O)OC[C@@H]1C[C@@](C)(O)[C@H](N2C(=O)N=C(N)CC2C)O1. The summed E-state index contributed by atoms with van der Waals surface area (Å²) in [5, 5.41) is 13.3. The molecule has 2 fully saturated rings. The summed E-state index contributed by atoms with van der Waals surface area (Å²) in [5.41, 5.74) is 4.30. The van der Waals surface area contributed by atoms with Crippen molar-refractivity contribution in [3.05, 3.63) is 0 Å². The van der Waals surface area contributed by atoms with E-state index in [4.69, 9.17) is 24.5 Å². The van der Waals surface area contributed by atoms with Gasteiger partial charge in [0, 0.05) is 25.4 Å². The summed E-state index contributed by atoms with van der Waals surface area (Å²) in [4.78, 5) is 27.6. The van der Waals surface area contributed by atoms with Crippen LogP contribution in [-0.2, 0) is 23.3 Å². The quantitative estimate of drug-likeness (QED) is 0.151. The lowest BCUT2D eigenvalue weighted by Crippen LogP contribution is -2.56. The lowest BCUT2D eigenvalue weighted by atomic mass is 9.95. The third kappa shape index (κ3) is 7.69. The molecule has 3 rings (SSSR count). The number of amides is 2. The molecule has 0 aromatic carbocycles. The number of rotatable bonds is 14. The van der Waals surface area contributed by atoms with Gasteiger partial charge in [0.15, 0.2) is 12.5 Å². The predicted molar refractivity (Wildman–Crippen MR) is 129 cm³/mol. The number of epoxide rings is 1. The van der Waals surface area contributed by atoms with Gasteiger partial charge in [-0.15, -0.1) is 0 Å². The number of amidine groups is 1. The highest BCUT2D eigenvalue weighted by Gasteiger charge is 2.51. The minimum absolute atomic E-state index is 0.101. The highest BCUT2D eigenvalue weighted by atomic mass is 31.2. The Balaban J connectivity index is 1.39. The van der Waals surface area contributed by atoms with Gasteiger partial charge in [0.25, 0.3) is 0 Å². The van der Waals surface area contributed by atoms with Crippen molar-refractivity contribution in [2.45, 2.75) is 103 Å². The fourth-order valence-electron chi connectivity index (χ4n) is 4.93.